The van der Waals surface area contributed by atoms with Gasteiger partial charge >= 0.3 is 17.1 Å². The van der Waals surface area contributed by atoms with Crippen molar-refractivity contribution in [2.45, 2.75) is 190 Å². The number of phenolic OH excluding ortho intramolecular Hbond substituents is 2. The molecule has 12 fully saturated rings. The Morgan fingerprint density at radius 3 is 0.907 bits per heavy atom. The van der Waals surface area contributed by atoms with Gasteiger partial charge in [-0.1, -0.05) is 44.0 Å². The number of benzene rings is 3. The maximum absolute atomic E-state index is 16.3. The second kappa shape index (κ2) is 40.3. The molecule has 0 radical (unpaired) electrons. The number of rotatable bonds is 21. The van der Waals surface area contributed by atoms with Crippen LogP contribution in [0.25, 0.3) is 83.9 Å². The highest BCUT2D eigenvalue weighted by atomic mass is 19.1. The molecule has 3 aromatic carbocycles. The number of carbonyl (C=O) groups excluding carboxylic acids is 3. The first-order valence-corrected chi connectivity index (χ1v) is 52.2. The quantitative estimate of drug-likeness (QED) is 0.0383. The number of nitrogens with one attached hydrogen (secondary N) is 2. The monoisotopic (exact) mass is 2050 g/mol. The number of aromatic hydroxyl groups is 2. The van der Waals surface area contributed by atoms with Gasteiger partial charge in [-0.15, -0.1) is 0 Å². The van der Waals surface area contributed by atoms with Crippen molar-refractivity contribution in [2.24, 2.45) is 0 Å². The fraction of sp³-hybridized carbons (Fsp3) is 0.450. The van der Waals surface area contributed by atoms with Crippen LogP contribution in [0.5, 0.6) is 11.5 Å². The van der Waals surface area contributed by atoms with Crippen molar-refractivity contribution >= 4 is 86.1 Å². The number of anilines is 6. The lowest BCUT2D eigenvalue weighted by Gasteiger charge is -2.44. The molecular formula is C109H119F6N27O8. The zero-order chi connectivity index (χ0) is 105. The lowest BCUT2D eigenvalue weighted by Crippen LogP contribution is -2.58. The van der Waals surface area contributed by atoms with Crippen LogP contribution in [-0.2, 0) is 14.4 Å². The minimum absolute atomic E-state index is 0.00654. The molecule has 0 bridgehead atoms. The van der Waals surface area contributed by atoms with Crippen LogP contribution in [0.15, 0.2) is 131 Å². The molecule has 35 nitrogen and oxygen atoms in total. The Kier molecular flexibility index (Phi) is 26.8. The molecule has 12 aromatic rings. The highest BCUT2D eigenvalue weighted by Crippen LogP contribution is 2.54. The summed E-state index contributed by atoms with van der Waals surface area (Å²) in [5, 5.41) is 28.9. The second-order valence-electron chi connectivity index (χ2n) is 42.0. The Hall–Kier alpha value is -14.7. The van der Waals surface area contributed by atoms with Crippen LogP contribution >= 0.6 is 0 Å². The van der Waals surface area contributed by atoms with Crippen molar-refractivity contribution in [1.82, 2.24) is 104 Å². The Balaban J connectivity index is 0.000000127. The van der Waals surface area contributed by atoms with E-state index in [1.54, 1.807) is 20.8 Å². The van der Waals surface area contributed by atoms with E-state index in [0.29, 0.717) is 79.6 Å². The number of carbonyl (C=O) groups is 3. The smallest absolute Gasteiger partial charge is 0.355 e. The third-order valence-electron chi connectivity index (χ3n) is 31.0. The molecule has 6 saturated heterocycles. The number of halogens is 6. The van der Waals surface area contributed by atoms with Crippen molar-refractivity contribution in [1.29, 1.82) is 0 Å². The molecule has 15 heterocycles. The molecule has 6 aliphatic carbocycles. The van der Waals surface area contributed by atoms with Crippen molar-refractivity contribution < 1.29 is 50.9 Å². The number of phenols is 2. The third-order valence-corrected chi connectivity index (χ3v) is 31.0. The lowest BCUT2D eigenvalue weighted by atomic mass is 10.1. The first-order chi connectivity index (χ1) is 72.4. The van der Waals surface area contributed by atoms with E-state index in [-0.39, 0.29) is 146 Å². The zero-order valence-electron chi connectivity index (χ0n) is 84.8. The molecule has 41 heteroatoms. The molecule has 3 amide bonds. The summed E-state index contributed by atoms with van der Waals surface area (Å²) < 4.78 is 98.7. The van der Waals surface area contributed by atoms with Gasteiger partial charge in [-0.2, -0.15) is 15.0 Å². The summed E-state index contributed by atoms with van der Waals surface area (Å²) in [5.41, 5.74) is 2.61. The van der Waals surface area contributed by atoms with E-state index in [2.05, 4.69) is 77.0 Å². The SMILES string of the molecule is C=CC(=O)N1C[C@H](C)N(c2nc(=O)n(-c3c(C4CC4)nc(N4CCN(C)CC4)nc3C3CC3)c3nc(-c4c(O)cccc4F)c(F)cc23)C[C@H]1C.C=CC(=O)N1C[C@H](C)N(c2nc(=O)n(-c3c(C4CC4)nc(N4CCNCC4)nc3C3CC3)c3nc(-c4c(O)cccc4F)c(F)cc23)C[C@H]1C.C=CC(=O)N1C[C@H](C)N(c2nc(=O)n(-c3c(C4CC4)nc(N4CCNCC4)nc3C3CC3)c3nc(-c4ccccc4F)c(F)cc23)C[C@H]1C. The molecule has 12 aliphatic rings. The van der Waals surface area contributed by atoms with Gasteiger partial charge < -0.3 is 69.8 Å². The Bertz CT molecular complexity index is 7520. The number of likely N-dealkylation sites (N-methyl/N-ethyl adjacent to an activating group) is 1. The van der Waals surface area contributed by atoms with Crippen LogP contribution in [0.2, 0.25) is 0 Å². The molecule has 6 saturated carbocycles. The number of hydrogen-bond acceptors (Lipinski definition) is 29. The van der Waals surface area contributed by atoms with Crippen LogP contribution in [-0.4, -0.2) is 282 Å². The number of aromatic nitrogens is 15. The minimum atomic E-state index is -0.887. The van der Waals surface area contributed by atoms with E-state index in [4.69, 9.17) is 39.9 Å². The summed E-state index contributed by atoms with van der Waals surface area (Å²) in [6.45, 7) is 34.0. The number of piperazine rings is 6. The maximum atomic E-state index is 16.3. The Morgan fingerprint density at radius 2 is 0.620 bits per heavy atom. The molecule has 9 aromatic heterocycles. The predicted molar refractivity (Wildman–Crippen MR) is 558 cm³/mol. The molecule has 780 valence electrons. The molecule has 6 aliphatic heterocycles. The lowest BCUT2D eigenvalue weighted by molar-refractivity contribution is -0.129. The van der Waals surface area contributed by atoms with Gasteiger partial charge in [0.05, 0.1) is 78.5 Å². The van der Waals surface area contributed by atoms with Crippen molar-refractivity contribution in [3.8, 4) is 62.3 Å². The average molecular weight is 2050 g/mol. The van der Waals surface area contributed by atoms with Crippen molar-refractivity contribution in [3.05, 3.63) is 217 Å². The molecule has 0 spiro atoms. The Morgan fingerprint density at radius 1 is 0.340 bits per heavy atom. The summed E-state index contributed by atoms with van der Waals surface area (Å²) in [6, 6.07) is 15.4. The van der Waals surface area contributed by atoms with Gasteiger partial charge in [-0.25, -0.2) is 99.3 Å². The predicted octanol–water partition coefficient (Wildman–Crippen LogP) is 12.6. The summed E-state index contributed by atoms with van der Waals surface area (Å²) in [5.74, 6) is -3.09. The average Bonchev–Trinajstić information content (AvgIpc) is 1.61. The van der Waals surface area contributed by atoms with E-state index in [0.717, 1.165) is 202 Å². The normalized spacial score (nSPS) is 21.3. The molecule has 24 rings (SSSR count). The molecule has 4 N–H and O–H groups in total. The van der Waals surface area contributed by atoms with Crippen molar-refractivity contribution in [2.75, 3.05) is 154 Å². The van der Waals surface area contributed by atoms with Gasteiger partial charge in [-0.3, -0.25) is 14.4 Å². The van der Waals surface area contributed by atoms with Gasteiger partial charge in [0.2, 0.25) is 35.6 Å². The summed E-state index contributed by atoms with van der Waals surface area (Å²) in [6.07, 6.45) is 14.7. The summed E-state index contributed by atoms with van der Waals surface area (Å²) in [4.78, 5) is 160. The largest absolute Gasteiger partial charge is 0.507 e. The van der Waals surface area contributed by atoms with Crippen LogP contribution < -0.4 is 57.1 Å². The van der Waals surface area contributed by atoms with E-state index in [9.17, 15) is 39.0 Å². The molecule has 6 atom stereocenters. The summed E-state index contributed by atoms with van der Waals surface area (Å²) in [7, 11) is 2.09. The number of fused-ring (bicyclic) bond motifs is 3. The second-order valence-corrected chi connectivity index (χ2v) is 42.0. The van der Waals surface area contributed by atoms with E-state index >= 15 is 26.3 Å². The summed E-state index contributed by atoms with van der Waals surface area (Å²) >= 11 is 0. The molecule has 0 unspecified atom stereocenters. The fourth-order valence-corrected chi connectivity index (χ4v) is 21.9. The van der Waals surface area contributed by atoms with Crippen LogP contribution in [0.4, 0.5) is 61.6 Å². The highest BCUT2D eigenvalue weighted by molar-refractivity contribution is 5.96. The molecule has 150 heavy (non-hydrogen) atoms. The standard InChI is InChI=1S/C37H41F2N9O3.C36H39F2N9O3.C36H39F2N9O2/c1-5-28(50)46-18-21(3)47(19-20(46)2)34-24-17-26(39)32(29-25(38)7-6-8-27(29)49)40-35(24)48(37(51)43-34)33-30(22-9-10-22)41-36(42-31(33)23-11-12-23)45-15-13-44(4)14-16-45;1-4-27(49)45-17-20(3)46(18-19(45)2)33-23-16-25(38)31(28-24(37)6-5-7-26(28)48)40-34(23)47(36(50)43-33)32-29(21-8-9-21)41-35(42-30(32)22-10-11-22)44-14-12-39-13-15-44;1-4-28(48)45-18-21(3)46(19-20(45)2)33-25-17-27(38)31(24-7-5-6-8-26(24)37)40-34(25)47(36(49)43-33)32-29(22-9-10-22)41-35(42-30(32)23-11-12-23)44-15-13-39-14-16-44/h5-8,17,20-23,49H,1,9-16,18-19H2,2-4H3;4-7,16,19-22,39,48H,1,8-15,17-18H2,2-3H3;4-8,17,20-23,39H,1,9-16,18-19H2,2-3H3/t20-,21+;19-,20+;20-,21+/m111/s1. The van der Waals surface area contributed by atoms with E-state index in [1.165, 1.54) is 92.6 Å². The Labute approximate surface area is 860 Å². The first kappa shape index (κ1) is 99.9. The zero-order valence-corrected chi connectivity index (χ0v) is 84.8. The topological polar surface area (TPSA) is 369 Å². The number of pyridine rings is 3. The minimum Gasteiger partial charge on any atom is -0.507 e. The van der Waals surface area contributed by atoms with Crippen LogP contribution in [0, 0.1) is 34.9 Å². The molecular weight excluding hydrogens is 1930 g/mol. The van der Waals surface area contributed by atoms with E-state index in [1.807, 2.05) is 56.2 Å². The third kappa shape index (κ3) is 19.0. The van der Waals surface area contributed by atoms with Gasteiger partial charge in [0, 0.05) is 195 Å². The number of nitrogens with zero attached hydrogens (tertiary/aromatic N) is 25. The van der Waals surface area contributed by atoms with Crippen LogP contribution in [0.3, 0.4) is 0 Å². The van der Waals surface area contributed by atoms with Crippen molar-refractivity contribution in [3.63, 3.8) is 0 Å². The van der Waals surface area contributed by atoms with E-state index < -0.39 is 86.0 Å². The fourth-order valence-electron chi connectivity index (χ4n) is 21.9. The van der Waals surface area contributed by atoms with Gasteiger partial charge in [0.15, 0.2) is 28.6 Å². The first-order valence-electron chi connectivity index (χ1n) is 52.2. The van der Waals surface area contributed by atoms with Gasteiger partial charge in [-0.05, 0) is 198 Å². The maximum Gasteiger partial charge on any atom is 0.355 e. The highest BCUT2D eigenvalue weighted by Gasteiger charge is 2.47. The number of amides is 3. The van der Waals surface area contributed by atoms with Gasteiger partial charge in [0.1, 0.15) is 69.3 Å². The van der Waals surface area contributed by atoms with Gasteiger partial charge in [0.25, 0.3) is 0 Å². The number of hydrogen-bond donors (Lipinski definition) is 4. The van der Waals surface area contributed by atoms with Crippen LogP contribution in [0.1, 0.15) is 188 Å².